The van der Waals surface area contributed by atoms with E-state index in [0.29, 0.717) is 6.54 Å². The lowest BCUT2D eigenvalue weighted by Gasteiger charge is -2.26. The van der Waals surface area contributed by atoms with E-state index >= 15 is 0 Å². The second-order valence-electron chi connectivity index (χ2n) is 5.38. The van der Waals surface area contributed by atoms with Crippen LogP contribution >= 0.6 is 0 Å². The monoisotopic (exact) mass is 311 g/mol. The number of amides is 1. The Morgan fingerprint density at radius 3 is 2.57 bits per heavy atom. The molecule has 118 valence electrons. The molecular weight excluding hydrogens is 294 g/mol. The summed E-state index contributed by atoms with van der Waals surface area (Å²) in [4.78, 5) is 26.6. The Labute approximate surface area is 133 Å². The summed E-state index contributed by atoms with van der Waals surface area (Å²) < 4.78 is 5.15. The molecule has 0 saturated heterocycles. The van der Waals surface area contributed by atoms with Gasteiger partial charge in [0.2, 0.25) is 5.78 Å². The van der Waals surface area contributed by atoms with Gasteiger partial charge >= 0.3 is 0 Å². The van der Waals surface area contributed by atoms with Crippen LogP contribution in [-0.2, 0) is 4.79 Å². The fourth-order valence-corrected chi connectivity index (χ4v) is 2.88. The lowest BCUT2D eigenvalue weighted by Crippen LogP contribution is -2.31. The minimum atomic E-state index is -0.596. The number of hydrogen-bond acceptors (Lipinski definition) is 4. The summed E-state index contributed by atoms with van der Waals surface area (Å²) in [6, 6.07) is 11.8. The number of rotatable bonds is 5. The number of furan rings is 1. The van der Waals surface area contributed by atoms with Crippen LogP contribution in [0.4, 0.5) is 0 Å². The summed E-state index contributed by atoms with van der Waals surface area (Å²) >= 11 is 0. The van der Waals surface area contributed by atoms with E-state index in [-0.39, 0.29) is 11.3 Å². The number of benzene rings is 1. The van der Waals surface area contributed by atoms with E-state index < -0.39 is 23.5 Å². The predicted octanol–water partition coefficient (Wildman–Crippen LogP) is 3.27. The quantitative estimate of drug-likeness (QED) is 0.860. The Bertz CT molecular complexity index is 747. The molecular formula is C18H17NO4. The Hall–Kier alpha value is -2.82. The van der Waals surface area contributed by atoms with E-state index in [2.05, 4.69) is 0 Å². The van der Waals surface area contributed by atoms with Crippen molar-refractivity contribution in [1.29, 1.82) is 0 Å². The molecule has 1 aliphatic rings. The van der Waals surface area contributed by atoms with E-state index in [1.165, 1.54) is 17.2 Å². The van der Waals surface area contributed by atoms with Crippen molar-refractivity contribution >= 4 is 11.7 Å². The molecule has 0 aliphatic carbocycles. The number of Topliss-reactive ketones (excluding diaryl/α,β-unsaturated/α-hetero) is 1. The summed E-state index contributed by atoms with van der Waals surface area (Å²) in [6.45, 7) is 2.40. The molecule has 0 saturated carbocycles. The average molecular weight is 311 g/mol. The highest BCUT2D eigenvalue weighted by atomic mass is 16.3. The van der Waals surface area contributed by atoms with Crippen LogP contribution in [0.15, 0.2) is 64.5 Å². The molecule has 1 aliphatic heterocycles. The second-order valence-corrected chi connectivity index (χ2v) is 5.38. The molecule has 1 aromatic carbocycles. The topological polar surface area (TPSA) is 70.8 Å². The number of nitrogens with zero attached hydrogens (tertiary/aromatic N) is 1. The molecule has 5 heteroatoms. The zero-order valence-corrected chi connectivity index (χ0v) is 12.7. The van der Waals surface area contributed by atoms with Crippen LogP contribution in [0.1, 0.15) is 35.5 Å². The minimum absolute atomic E-state index is 0.0737. The Balaban J connectivity index is 2.10. The van der Waals surface area contributed by atoms with Gasteiger partial charge in [-0.15, -0.1) is 0 Å². The number of ketones is 1. The van der Waals surface area contributed by atoms with E-state index in [1.807, 2.05) is 37.3 Å². The molecule has 1 unspecified atom stereocenters. The average Bonchev–Trinajstić information content (AvgIpc) is 3.18. The molecule has 1 atom stereocenters. The maximum atomic E-state index is 12.7. The highest BCUT2D eigenvalue weighted by molar-refractivity contribution is 6.14. The Morgan fingerprint density at radius 2 is 1.96 bits per heavy atom. The summed E-state index contributed by atoms with van der Waals surface area (Å²) in [5.74, 6) is -1.36. The molecule has 1 aromatic heterocycles. The number of hydrogen-bond donors (Lipinski definition) is 1. The largest absolute Gasteiger partial charge is 0.503 e. The Kier molecular flexibility index (Phi) is 4.02. The van der Waals surface area contributed by atoms with Gasteiger partial charge in [-0.3, -0.25) is 9.59 Å². The summed E-state index contributed by atoms with van der Waals surface area (Å²) in [5, 5.41) is 10.3. The maximum Gasteiger partial charge on any atom is 0.290 e. The summed E-state index contributed by atoms with van der Waals surface area (Å²) in [6.07, 6.45) is 2.12. The number of carbonyl (C=O) groups excluding carboxylic acids is 2. The molecule has 3 rings (SSSR count). The van der Waals surface area contributed by atoms with Crippen molar-refractivity contribution in [3.63, 3.8) is 0 Å². The van der Waals surface area contributed by atoms with E-state index in [1.54, 1.807) is 6.07 Å². The number of aliphatic hydroxyl groups excluding tert-OH is 1. The van der Waals surface area contributed by atoms with Crippen LogP contribution in [0.5, 0.6) is 0 Å². The smallest absolute Gasteiger partial charge is 0.290 e. The third kappa shape index (κ3) is 2.54. The number of carbonyl (C=O) groups is 2. The second kappa shape index (κ2) is 6.12. The van der Waals surface area contributed by atoms with Gasteiger partial charge in [0.05, 0.1) is 17.9 Å². The van der Waals surface area contributed by atoms with Crippen molar-refractivity contribution in [2.75, 3.05) is 6.54 Å². The molecule has 0 spiro atoms. The van der Waals surface area contributed by atoms with Gasteiger partial charge in [0.25, 0.3) is 5.91 Å². The molecule has 2 heterocycles. The number of aliphatic hydroxyl groups is 1. The normalized spacial score (nSPS) is 17.9. The lowest BCUT2D eigenvalue weighted by atomic mass is 9.95. The molecule has 5 nitrogen and oxygen atoms in total. The summed E-state index contributed by atoms with van der Waals surface area (Å²) in [5.41, 5.74) is 0.859. The molecule has 0 fully saturated rings. The van der Waals surface area contributed by atoms with Crippen molar-refractivity contribution in [3.05, 3.63) is 71.4 Å². The fraction of sp³-hybridized carbons (Fsp3) is 0.222. The standard InChI is InChI=1S/C18H17NO4/c1-2-10-19-15(12-7-4-3-5-8-12)14(17(21)18(19)22)16(20)13-9-6-11-23-13/h3-9,11,15,21H,2,10H2,1H3. The molecule has 0 radical (unpaired) electrons. The molecule has 2 aromatic rings. The van der Waals surface area contributed by atoms with Gasteiger partial charge in [-0.25, -0.2) is 0 Å². The van der Waals surface area contributed by atoms with Gasteiger partial charge < -0.3 is 14.4 Å². The molecule has 0 bridgehead atoms. The molecule has 23 heavy (non-hydrogen) atoms. The summed E-state index contributed by atoms with van der Waals surface area (Å²) in [7, 11) is 0. The third-order valence-corrected chi connectivity index (χ3v) is 3.87. The Morgan fingerprint density at radius 1 is 1.22 bits per heavy atom. The zero-order chi connectivity index (χ0) is 16.4. The third-order valence-electron chi connectivity index (χ3n) is 3.87. The van der Waals surface area contributed by atoms with Crippen molar-refractivity contribution in [1.82, 2.24) is 4.90 Å². The SMILES string of the molecule is CCCN1C(=O)C(O)=C(C(=O)c2ccco2)C1c1ccccc1. The van der Waals surface area contributed by atoms with E-state index in [9.17, 15) is 14.7 Å². The van der Waals surface area contributed by atoms with Crippen LogP contribution in [0.25, 0.3) is 0 Å². The lowest BCUT2D eigenvalue weighted by molar-refractivity contribution is -0.129. The minimum Gasteiger partial charge on any atom is -0.503 e. The molecule has 1 N–H and O–H groups in total. The highest BCUT2D eigenvalue weighted by Gasteiger charge is 2.43. The van der Waals surface area contributed by atoms with Crippen LogP contribution in [0.3, 0.4) is 0 Å². The first kappa shape index (κ1) is 15.1. The van der Waals surface area contributed by atoms with Crippen molar-refractivity contribution in [3.8, 4) is 0 Å². The van der Waals surface area contributed by atoms with Crippen LogP contribution in [0, 0.1) is 0 Å². The van der Waals surface area contributed by atoms with Gasteiger partial charge in [-0.1, -0.05) is 37.3 Å². The van der Waals surface area contributed by atoms with Gasteiger partial charge in [0, 0.05) is 6.54 Å². The predicted molar refractivity (Wildman–Crippen MR) is 83.9 cm³/mol. The maximum absolute atomic E-state index is 12.7. The highest BCUT2D eigenvalue weighted by Crippen LogP contribution is 2.38. The van der Waals surface area contributed by atoms with Gasteiger partial charge in [0.15, 0.2) is 11.5 Å². The van der Waals surface area contributed by atoms with E-state index in [4.69, 9.17) is 4.42 Å². The van der Waals surface area contributed by atoms with Crippen molar-refractivity contribution in [2.24, 2.45) is 0 Å². The van der Waals surface area contributed by atoms with Gasteiger partial charge in [0.1, 0.15) is 0 Å². The van der Waals surface area contributed by atoms with Crippen molar-refractivity contribution in [2.45, 2.75) is 19.4 Å². The van der Waals surface area contributed by atoms with Crippen LogP contribution in [0.2, 0.25) is 0 Å². The first-order chi connectivity index (χ1) is 11.1. The van der Waals surface area contributed by atoms with Crippen LogP contribution in [-0.4, -0.2) is 28.2 Å². The first-order valence-electron chi connectivity index (χ1n) is 7.52. The van der Waals surface area contributed by atoms with Gasteiger partial charge in [-0.05, 0) is 24.1 Å². The van der Waals surface area contributed by atoms with Crippen molar-refractivity contribution < 1.29 is 19.1 Å². The van der Waals surface area contributed by atoms with Gasteiger partial charge in [-0.2, -0.15) is 0 Å². The van der Waals surface area contributed by atoms with Crippen LogP contribution < -0.4 is 0 Å². The fourth-order valence-electron chi connectivity index (χ4n) is 2.88. The first-order valence-corrected chi connectivity index (χ1v) is 7.52. The molecule has 1 amide bonds. The zero-order valence-electron chi connectivity index (χ0n) is 12.7. The van der Waals surface area contributed by atoms with E-state index in [0.717, 1.165) is 12.0 Å².